The molecule has 7 heteroatoms. The van der Waals surface area contributed by atoms with Gasteiger partial charge in [-0.3, -0.25) is 0 Å². The molecule has 3 aromatic rings. The molecule has 2 aromatic carbocycles. The van der Waals surface area contributed by atoms with E-state index >= 15 is 0 Å². The lowest BCUT2D eigenvalue weighted by Crippen LogP contribution is -2.38. The number of benzene rings is 2. The Kier molecular flexibility index (Phi) is 3.73. The molecule has 0 spiro atoms. The molecule has 0 saturated heterocycles. The van der Waals surface area contributed by atoms with Gasteiger partial charge in [0.1, 0.15) is 24.0 Å². The van der Waals surface area contributed by atoms with Gasteiger partial charge < -0.3 is 4.84 Å². The van der Waals surface area contributed by atoms with E-state index < -0.39 is 17.2 Å². The van der Waals surface area contributed by atoms with E-state index in [0.29, 0.717) is 11.1 Å². The highest BCUT2D eigenvalue weighted by atomic mass is 19.1. The Morgan fingerprint density at radius 3 is 1.87 bits per heavy atom. The standard InChI is InChI=1S/C16H10F2N4O/c17-14-5-1-12(2-6-14)16(9-19,23-22-11-20-10-21-22)13-3-7-15(18)8-4-13/h1-8,10-11H. The molecule has 1 aromatic heterocycles. The van der Waals surface area contributed by atoms with Crippen LogP contribution in [0.15, 0.2) is 61.2 Å². The molecule has 0 N–H and O–H groups in total. The van der Waals surface area contributed by atoms with E-state index in [0.717, 1.165) is 4.85 Å². The topological polar surface area (TPSA) is 63.7 Å². The number of hydrogen-bond acceptors (Lipinski definition) is 4. The molecule has 0 aliphatic carbocycles. The van der Waals surface area contributed by atoms with Gasteiger partial charge in [-0.2, -0.15) is 5.26 Å². The lowest BCUT2D eigenvalue weighted by molar-refractivity contribution is -0.0112. The van der Waals surface area contributed by atoms with Crippen molar-refractivity contribution in [2.75, 3.05) is 0 Å². The van der Waals surface area contributed by atoms with Gasteiger partial charge in [0.05, 0.1) is 0 Å². The molecule has 0 saturated carbocycles. The molecule has 0 aliphatic heterocycles. The zero-order valence-corrected chi connectivity index (χ0v) is 11.7. The minimum absolute atomic E-state index is 0.378. The molecule has 0 fully saturated rings. The summed E-state index contributed by atoms with van der Waals surface area (Å²) in [5.74, 6) is -0.888. The highest BCUT2D eigenvalue weighted by molar-refractivity contribution is 5.42. The smallest absolute Gasteiger partial charge is 0.272 e. The molecular weight excluding hydrogens is 302 g/mol. The fourth-order valence-electron chi connectivity index (χ4n) is 2.18. The summed E-state index contributed by atoms with van der Waals surface area (Å²) in [4.78, 5) is 10.5. The highest BCUT2D eigenvalue weighted by Crippen LogP contribution is 2.31. The van der Waals surface area contributed by atoms with Gasteiger partial charge in [0.25, 0.3) is 5.60 Å². The molecule has 0 atom stereocenters. The van der Waals surface area contributed by atoms with Gasteiger partial charge in [0.2, 0.25) is 0 Å². The second kappa shape index (κ2) is 5.85. The predicted molar refractivity (Wildman–Crippen MR) is 75.8 cm³/mol. The largest absolute Gasteiger partial charge is 0.363 e. The van der Waals surface area contributed by atoms with Crippen LogP contribution in [0.25, 0.3) is 0 Å². The molecule has 3 rings (SSSR count). The fourth-order valence-corrected chi connectivity index (χ4v) is 2.18. The van der Waals surface area contributed by atoms with Gasteiger partial charge in [-0.25, -0.2) is 13.8 Å². The summed E-state index contributed by atoms with van der Waals surface area (Å²) in [6, 6.07) is 12.7. The Labute approximate surface area is 130 Å². The van der Waals surface area contributed by atoms with E-state index in [9.17, 15) is 14.0 Å². The van der Waals surface area contributed by atoms with E-state index in [2.05, 4.69) is 16.2 Å². The van der Waals surface area contributed by atoms with E-state index in [1.807, 2.05) is 0 Å². The van der Waals surface area contributed by atoms with Crippen LogP contribution in [0.1, 0.15) is 11.1 Å². The number of aromatic nitrogens is 3. The maximum atomic E-state index is 13.2. The first-order valence-corrected chi connectivity index (χ1v) is 6.61. The lowest BCUT2D eigenvalue weighted by Gasteiger charge is -2.27. The SMILES string of the molecule is N#CC(On1cncn1)(c1ccc(F)cc1)c1ccc(F)cc1. The quantitative estimate of drug-likeness (QED) is 0.742. The first kappa shape index (κ1) is 14.7. The molecule has 1 heterocycles. The van der Waals surface area contributed by atoms with Crippen LogP contribution in [0.3, 0.4) is 0 Å². The maximum absolute atomic E-state index is 13.2. The summed E-state index contributed by atoms with van der Waals surface area (Å²) >= 11 is 0. The molecule has 5 nitrogen and oxygen atoms in total. The van der Waals surface area contributed by atoms with Crippen molar-refractivity contribution in [2.24, 2.45) is 0 Å². The third-order valence-corrected chi connectivity index (χ3v) is 3.29. The van der Waals surface area contributed by atoms with Crippen LogP contribution in [0, 0.1) is 23.0 Å². The van der Waals surface area contributed by atoms with Crippen molar-refractivity contribution in [3.05, 3.63) is 83.9 Å². The number of halogens is 2. The minimum atomic E-state index is -1.63. The van der Waals surface area contributed by atoms with Gasteiger partial charge in [0.15, 0.2) is 6.33 Å². The van der Waals surface area contributed by atoms with Gasteiger partial charge in [0, 0.05) is 11.1 Å². The Bertz CT molecular complexity index is 779. The van der Waals surface area contributed by atoms with E-state index in [-0.39, 0.29) is 0 Å². The van der Waals surface area contributed by atoms with Crippen molar-refractivity contribution < 1.29 is 13.6 Å². The predicted octanol–water partition coefficient (Wildman–Crippen LogP) is 2.45. The third kappa shape index (κ3) is 2.74. The molecule has 0 aliphatic rings. The molecule has 0 radical (unpaired) electrons. The second-order valence-electron chi connectivity index (χ2n) is 4.70. The van der Waals surface area contributed by atoms with E-state index in [4.69, 9.17) is 4.84 Å². The average molecular weight is 312 g/mol. The molecular formula is C16H10F2N4O. The molecule has 114 valence electrons. The zero-order chi connectivity index (χ0) is 16.3. The van der Waals surface area contributed by atoms with Crippen LogP contribution >= 0.6 is 0 Å². The fraction of sp³-hybridized carbons (Fsp3) is 0.0625. The minimum Gasteiger partial charge on any atom is -0.363 e. The van der Waals surface area contributed by atoms with E-state index in [1.54, 1.807) is 0 Å². The Morgan fingerprint density at radius 2 is 1.48 bits per heavy atom. The van der Waals surface area contributed by atoms with Gasteiger partial charge in [-0.1, -0.05) is 29.1 Å². The van der Waals surface area contributed by atoms with Gasteiger partial charge in [-0.15, -0.1) is 5.10 Å². The van der Waals surface area contributed by atoms with Crippen LogP contribution in [-0.2, 0) is 5.60 Å². The Hall–Kier alpha value is -3.27. The summed E-state index contributed by atoms with van der Waals surface area (Å²) in [5, 5.41) is 13.6. The van der Waals surface area contributed by atoms with Gasteiger partial charge >= 0.3 is 0 Å². The van der Waals surface area contributed by atoms with Crippen molar-refractivity contribution in [2.45, 2.75) is 5.60 Å². The number of hydrogen-bond donors (Lipinski definition) is 0. The van der Waals surface area contributed by atoms with Crippen LogP contribution in [0.5, 0.6) is 0 Å². The molecule has 0 amide bonds. The third-order valence-electron chi connectivity index (χ3n) is 3.29. The van der Waals surface area contributed by atoms with Crippen molar-refractivity contribution in [1.82, 2.24) is 14.9 Å². The van der Waals surface area contributed by atoms with Crippen molar-refractivity contribution in [1.29, 1.82) is 5.26 Å². The number of nitriles is 1. The van der Waals surface area contributed by atoms with Crippen LogP contribution < -0.4 is 4.84 Å². The summed E-state index contributed by atoms with van der Waals surface area (Å²) in [6.45, 7) is 0. The number of rotatable bonds is 4. The maximum Gasteiger partial charge on any atom is 0.272 e. The lowest BCUT2D eigenvalue weighted by atomic mass is 9.87. The molecule has 0 bridgehead atoms. The Balaban J connectivity index is 2.16. The molecule has 0 unspecified atom stereocenters. The zero-order valence-electron chi connectivity index (χ0n) is 11.7. The van der Waals surface area contributed by atoms with Crippen molar-refractivity contribution in [3.8, 4) is 6.07 Å². The Morgan fingerprint density at radius 1 is 0.957 bits per heavy atom. The number of nitrogens with zero attached hydrogens (tertiary/aromatic N) is 4. The summed E-state index contributed by atoms with van der Waals surface area (Å²) in [6.07, 6.45) is 2.52. The first-order chi connectivity index (χ1) is 11.1. The first-order valence-electron chi connectivity index (χ1n) is 6.61. The monoisotopic (exact) mass is 312 g/mol. The second-order valence-corrected chi connectivity index (χ2v) is 4.70. The van der Waals surface area contributed by atoms with Crippen molar-refractivity contribution in [3.63, 3.8) is 0 Å². The average Bonchev–Trinajstić information content (AvgIpc) is 3.07. The van der Waals surface area contributed by atoms with E-state index in [1.165, 1.54) is 61.2 Å². The normalized spacial score (nSPS) is 11.0. The summed E-state index contributed by atoms with van der Waals surface area (Å²) < 4.78 is 26.4. The highest BCUT2D eigenvalue weighted by Gasteiger charge is 2.39. The summed E-state index contributed by atoms with van der Waals surface area (Å²) in [7, 11) is 0. The van der Waals surface area contributed by atoms with Crippen LogP contribution in [0.2, 0.25) is 0 Å². The summed E-state index contributed by atoms with van der Waals surface area (Å²) in [5.41, 5.74) is -0.873. The van der Waals surface area contributed by atoms with Gasteiger partial charge in [-0.05, 0) is 24.3 Å². The molecule has 23 heavy (non-hydrogen) atoms. The van der Waals surface area contributed by atoms with Crippen LogP contribution in [0.4, 0.5) is 8.78 Å². The van der Waals surface area contributed by atoms with Crippen LogP contribution in [-0.4, -0.2) is 14.9 Å². The van der Waals surface area contributed by atoms with Crippen molar-refractivity contribution >= 4 is 0 Å².